The Labute approximate surface area is 218 Å². The van der Waals surface area contributed by atoms with Crippen LogP contribution >= 0.6 is 27.5 Å². The zero-order chi connectivity index (χ0) is 25.4. The molecule has 8 heteroatoms. The van der Waals surface area contributed by atoms with Crippen LogP contribution in [0.25, 0.3) is 0 Å². The highest BCUT2D eigenvalue weighted by Gasteiger charge is 2.45. The fourth-order valence-electron chi connectivity index (χ4n) is 4.93. The molecule has 6 nitrogen and oxygen atoms in total. The summed E-state index contributed by atoms with van der Waals surface area (Å²) in [5.74, 6) is -1.71. The number of methoxy groups -OCH3 is 1. The molecule has 1 unspecified atom stereocenters. The van der Waals surface area contributed by atoms with E-state index in [-0.39, 0.29) is 29.3 Å². The minimum Gasteiger partial charge on any atom is -0.503 e. The monoisotopic (exact) mass is 559 g/mol. The molecular formula is C27H27BrClNO5. The fourth-order valence-corrected chi connectivity index (χ4v) is 5.52. The number of ether oxygens (including phenoxy) is 2. The van der Waals surface area contributed by atoms with E-state index in [9.17, 15) is 14.7 Å². The molecule has 1 aliphatic carbocycles. The van der Waals surface area contributed by atoms with Gasteiger partial charge in [-0.05, 0) is 84.4 Å². The summed E-state index contributed by atoms with van der Waals surface area (Å²) in [7, 11) is 1.45. The van der Waals surface area contributed by atoms with Gasteiger partial charge in [0.05, 0.1) is 17.7 Å². The number of ketones is 1. The lowest BCUT2D eigenvalue weighted by Gasteiger charge is -2.37. The van der Waals surface area contributed by atoms with Crippen LogP contribution in [0, 0.1) is 5.92 Å². The van der Waals surface area contributed by atoms with E-state index in [1.807, 2.05) is 24.3 Å². The lowest BCUT2D eigenvalue weighted by Crippen LogP contribution is -2.38. The van der Waals surface area contributed by atoms with Crippen LogP contribution in [-0.2, 0) is 14.3 Å². The summed E-state index contributed by atoms with van der Waals surface area (Å²) in [6.45, 7) is 5.37. The van der Waals surface area contributed by atoms with E-state index in [0.29, 0.717) is 44.9 Å². The Morgan fingerprint density at radius 3 is 2.49 bits per heavy atom. The Bertz CT molecular complexity index is 1230. The fraction of sp³-hybridized carbons (Fsp3) is 0.370. The number of carbonyl (C=O) groups excluding carboxylic acids is 2. The van der Waals surface area contributed by atoms with E-state index in [4.69, 9.17) is 26.1 Å². The molecule has 2 aromatic carbocycles. The molecule has 1 heterocycles. The Morgan fingerprint density at radius 1 is 1.17 bits per heavy atom. The maximum atomic E-state index is 13.7. The number of esters is 1. The number of phenolic OH excluding ortho intramolecular Hbond substituents is 1. The first-order chi connectivity index (χ1) is 16.6. The summed E-state index contributed by atoms with van der Waals surface area (Å²) in [5.41, 5.74) is 3.48. The quantitative estimate of drug-likeness (QED) is 0.431. The second kappa shape index (κ2) is 10.2. The van der Waals surface area contributed by atoms with Crippen molar-refractivity contribution in [2.75, 3.05) is 7.11 Å². The molecule has 0 fully saturated rings. The Balaban J connectivity index is 1.85. The number of allylic oxidation sites excluding steroid dienone is 2. The highest BCUT2D eigenvalue weighted by molar-refractivity contribution is 9.10. The SMILES string of the molecule is COc1cc([C@@H]2C3=C(C[C@H](c4ccc(Cl)cc4)CC3=O)N=C(C)C2C(=O)OC(C)C)cc(Br)c1O. The molecule has 2 aromatic rings. The highest BCUT2D eigenvalue weighted by atomic mass is 79.9. The molecule has 4 rings (SSSR count). The van der Waals surface area contributed by atoms with Gasteiger partial charge in [0.15, 0.2) is 17.3 Å². The van der Waals surface area contributed by atoms with Gasteiger partial charge in [-0.2, -0.15) is 0 Å². The minimum atomic E-state index is -0.770. The van der Waals surface area contributed by atoms with E-state index >= 15 is 0 Å². The number of carbonyl (C=O) groups is 2. The van der Waals surface area contributed by atoms with Gasteiger partial charge in [0, 0.05) is 34.3 Å². The van der Waals surface area contributed by atoms with E-state index < -0.39 is 17.8 Å². The summed E-state index contributed by atoms with van der Waals surface area (Å²) in [4.78, 5) is 31.7. The maximum Gasteiger partial charge on any atom is 0.315 e. The molecule has 0 saturated carbocycles. The molecule has 0 spiro atoms. The second-order valence-corrected chi connectivity index (χ2v) is 10.5. The van der Waals surface area contributed by atoms with Gasteiger partial charge >= 0.3 is 5.97 Å². The summed E-state index contributed by atoms with van der Waals surface area (Å²) in [6.07, 6.45) is 0.552. The van der Waals surface area contributed by atoms with Crippen molar-refractivity contribution in [3.8, 4) is 11.5 Å². The van der Waals surface area contributed by atoms with Crippen molar-refractivity contribution in [1.82, 2.24) is 0 Å². The second-order valence-electron chi connectivity index (χ2n) is 9.19. The Hall–Kier alpha value is -2.64. The standard InChI is InChI=1S/C27H27BrClNO5/c1-13(2)35-27(33)23-14(3)30-20-10-16(15-5-7-18(29)8-6-15)11-21(31)25(20)24(23)17-9-19(28)26(32)22(12-17)34-4/h5-9,12-13,16,23-24,32H,10-11H2,1-4H3/t16-,23?,24-/m0/s1. The van der Waals surface area contributed by atoms with Crippen LogP contribution in [0.5, 0.6) is 11.5 Å². The zero-order valence-corrected chi connectivity index (χ0v) is 22.3. The van der Waals surface area contributed by atoms with Crippen molar-refractivity contribution in [3.05, 3.63) is 68.3 Å². The first-order valence-corrected chi connectivity index (χ1v) is 12.6. The average molecular weight is 561 g/mol. The Kier molecular flexibility index (Phi) is 7.38. The van der Waals surface area contributed by atoms with Crippen LogP contribution in [0.3, 0.4) is 0 Å². The molecule has 2 aliphatic rings. The van der Waals surface area contributed by atoms with E-state index in [1.165, 1.54) is 7.11 Å². The molecule has 184 valence electrons. The number of Topliss-reactive ketones (excluding diaryl/α,β-unsaturated/α-hetero) is 1. The van der Waals surface area contributed by atoms with Crippen molar-refractivity contribution in [3.63, 3.8) is 0 Å². The average Bonchev–Trinajstić information content (AvgIpc) is 2.79. The van der Waals surface area contributed by atoms with Crippen molar-refractivity contribution < 1.29 is 24.2 Å². The Morgan fingerprint density at radius 2 is 1.86 bits per heavy atom. The number of aliphatic imine (C=N–C) groups is 1. The summed E-state index contributed by atoms with van der Waals surface area (Å²) >= 11 is 9.43. The molecule has 1 aliphatic heterocycles. The smallest absolute Gasteiger partial charge is 0.315 e. The maximum absolute atomic E-state index is 13.7. The number of halogens is 2. The number of phenols is 1. The van der Waals surface area contributed by atoms with Crippen molar-refractivity contribution in [2.45, 2.75) is 51.6 Å². The van der Waals surface area contributed by atoms with Gasteiger partial charge in [-0.25, -0.2) is 0 Å². The van der Waals surface area contributed by atoms with Gasteiger partial charge in [0.25, 0.3) is 0 Å². The first kappa shape index (κ1) is 25.5. The van der Waals surface area contributed by atoms with E-state index in [0.717, 1.165) is 5.56 Å². The highest BCUT2D eigenvalue weighted by Crippen LogP contribution is 2.49. The molecule has 0 aromatic heterocycles. The lowest BCUT2D eigenvalue weighted by molar-refractivity contribution is -0.150. The first-order valence-electron chi connectivity index (χ1n) is 11.4. The molecule has 35 heavy (non-hydrogen) atoms. The van der Waals surface area contributed by atoms with Crippen LogP contribution < -0.4 is 4.74 Å². The van der Waals surface area contributed by atoms with Gasteiger partial charge < -0.3 is 14.6 Å². The third-order valence-electron chi connectivity index (χ3n) is 6.47. The van der Waals surface area contributed by atoms with Gasteiger partial charge in [-0.3, -0.25) is 14.6 Å². The van der Waals surface area contributed by atoms with Crippen LogP contribution in [0.2, 0.25) is 5.02 Å². The van der Waals surface area contributed by atoms with Crippen LogP contribution in [-0.4, -0.2) is 35.8 Å². The van der Waals surface area contributed by atoms with Crippen LogP contribution in [0.1, 0.15) is 56.6 Å². The molecular weight excluding hydrogens is 534 g/mol. The zero-order valence-electron chi connectivity index (χ0n) is 20.0. The molecule has 0 amide bonds. The van der Waals surface area contributed by atoms with Crippen molar-refractivity contribution in [1.29, 1.82) is 0 Å². The van der Waals surface area contributed by atoms with Gasteiger partial charge in [-0.15, -0.1) is 0 Å². The third kappa shape index (κ3) is 5.02. The van der Waals surface area contributed by atoms with E-state index in [1.54, 1.807) is 32.9 Å². The number of rotatable bonds is 5. The normalized spacial score (nSPS) is 22.1. The van der Waals surface area contributed by atoms with Crippen molar-refractivity contribution >= 4 is 45.0 Å². The lowest BCUT2D eigenvalue weighted by atomic mass is 9.69. The molecule has 0 radical (unpaired) electrons. The number of nitrogens with zero attached hydrogens (tertiary/aromatic N) is 1. The molecule has 0 bridgehead atoms. The number of benzene rings is 2. The summed E-state index contributed by atoms with van der Waals surface area (Å²) in [5, 5.41) is 11.0. The van der Waals surface area contributed by atoms with E-state index in [2.05, 4.69) is 15.9 Å². The van der Waals surface area contributed by atoms with Crippen LogP contribution in [0.15, 0.2) is 57.1 Å². The van der Waals surface area contributed by atoms with Gasteiger partial charge in [0.2, 0.25) is 0 Å². The molecule has 3 atom stereocenters. The molecule has 0 saturated heterocycles. The predicted molar refractivity (Wildman–Crippen MR) is 138 cm³/mol. The number of hydrogen-bond acceptors (Lipinski definition) is 6. The minimum absolute atomic E-state index is 0.0315. The van der Waals surface area contributed by atoms with Crippen LogP contribution in [0.4, 0.5) is 0 Å². The largest absolute Gasteiger partial charge is 0.503 e. The number of hydrogen-bond donors (Lipinski definition) is 1. The van der Waals surface area contributed by atoms with Crippen molar-refractivity contribution in [2.24, 2.45) is 10.9 Å². The molecule has 1 N–H and O–H groups in total. The van der Waals surface area contributed by atoms with Gasteiger partial charge in [0.1, 0.15) is 5.92 Å². The number of aromatic hydroxyl groups is 1. The summed E-state index contributed by atoms with van der Waals surface area (Å²) in [6, 6.07) is 10.9. The topological polar surface area (TPSA) is 85.2 Å². The predicted octanol–water partition coefficient (Wildman–Crippen LogP) is 6.34. The third-order valence-corrected chi connectivity index (χ3v) is 7.32. The summed E-state index contributed by atoms with van der Waals surface area (Å²) < 4.78 is 11.3. The van der Waals surface area contributed by atoms with Gasteiger partial charge in [-0.1, -0.05) is 23.7 Å².